The van der Waals surface area contributed by atoms with Gasteiger partial charge in [-0.15, -0.1) is 16.8 Å². The van der Waals surface area contributed by atoms with E-state index in [2.05, 4.69) is 27.1 Å². The summed E-state index contributed by atoms with van der Waals surface area (Å²) >= 11 is 3.11. The number of aromatic nitrogens is 3. The highest BCUT2D eigenvalue weighted by molar-refractivity contribution is 8.00. The van der Waals surface area contributed by atoms with Gasteiger partial charge in [0.2, 0.25) is 11.0 Å². The molecule has 0 aliphatic rings. The fourth-order valence-electron chi connectivity index (χ4n) is 1.72. The Bertz CT molecular complexity index is 739. The summed E-state index contributed by atoms with van der Waals surface area (Å²) in [6, 6.07) is 9.85. The molecule has 3 rings (SSSR count). The Kier molecular flexibility index (Phi) is 4.87. The molecule has 2 aromatic heterocycles. The van der Waals surface area contributed by atoms with Gasteiger partial charge in [-0.05, 0) is 12.1 Å². The number of thioether (sulfide) groups is 1. The molecule has 0 bridgehead atoms. The molecule has 2 heterocycles. The van der Waals surface area contributed by atoms with E-state index in [4.69, 9.17) is 4.42 Å². The van der Waals surface area contributed by atoms with E-state index in [0.29, 0.717) is 18.2 Å². The van der Waals surface area contributed by atoms with Crippen LogP contribution in [0.25, 0.3) is 11.5 Å². The predicted octanol–water partition coefficient (Wildman–Crippen LogP) is 4.08. The van der Waals surface area contributed by atoms with Crippen molar-refractivity contribution in [2.75, 3.05) is 11.9 Å². The lowest BCUT2D eigenvalue weighted by Crippen LogP contribution is -1.96. The van der Waals surface area contributed by atoms with Gasteiger partial charge < -0.3 is 9.73 Å². The van der Waals surface area contributed by atoms with E-state index in [1.807, 2.05) is 30.3 Å². The maximum Gasteiger partial charge on any atom is 0.226 e. The molecule has 0 saturated carbocycles. The van der Waals surface area contributed by atoms with Crippen LogP contribution in [0.15, 0.2) is 58.0 Å². The normalized spacial score (nSPS) is 10.5. The van der Waals surface area contributed by atoms with Crippen LogP contribution in [0.3, 0.4) is 0 Å². The van der Waals surface area contributed by atoms with E-state index in [9.17, 15) is 0 Å². The van der Waals surface area contributed by atoms with Crippen LogP contribution in [0.5, 0.6) is 0 Å². The van der Waals surface area contributed by atoms with E-state index in [-0.39, 0.29) is 0 Å². The summed E-state index contributed by atoms with van der Waals surface area (Å²) in [4.78, 5) is 4.49. The molecule has 0 radical (unpaired) electrons. The molecule has 5 nitrogen and oxygen atoms in total. The molecule has 0 aliphatic heterocycles. The third kappa shape index (κ3) is 3.75. The van der Waals surface area contributed by atoms with Gasteiger partial charge in [0.15, 0.2) is 4.34 Å². The van der Waals surface area contributed by atoms with Crippen LogP contribution in [0.1, 0.15) is 5.69 Å². The smallest absolute Gasteiger partial charge is 0.226 e. The van der Waals surface area contributed by atoms with Crippen molar-refractivity contribution in [1.82, 2.24) is 15.2 Å². The number of nitrogens with one attached hydrogen (secondary N) is 1. The van der Waals surface area contributed by atoms with E-state index in [1.165, 1.54) is 11.3 Å². The van der Waals surface area contributed by atoms with Crippen LogP contribution < -0.4 is 5.32 Å². The minimum atomic E-state index is 0.641. The number of rotatable bonds is 7. The topological polar surface area (TPSA) is 63.8 Å². The number of anilines is 1. The zero-order valence-electron chi connectivity index (χ0n) is 11.7. The van der Waals surface area contributed by atoms with Crippen molar-refractivity contribution in [2.45, 2.75) is 10.1 Å². The number of nitrogens with zero attached hydrogens (tertiary/aromatic N) is 3. The van der Waals surface area contributed by atoms with Gasteiger partial charge in [-0.25, -0.2) is 4.98 Å². The minimum absolute atomic E-state index is 0.641. The molecule has 3 aromatic rings. The quantitative estimate of drug-likeness (QED) is 0.520. The molecule has 1 aromatic carbocycles. The fraction of sp³-hybridized carbons (Fsp3) is 0.133. The predicted molar refractivity (Wildman–Crippen MR) is 90.1 cm³/mol. The number of benzene rings is 1. The van der Waals surface area contributed by atoms with Crippen LogP contribution in [-0.2, 0) is 5.75 Å². The summed E-state index contributed by atoms with van der Waals surface area (Å²) < 4.78 is 6.42. The van der Waals surface area contributed by atoms with Gasteiger partial charge in [0, 0.05) is 17.9 Å². The second-order valence-corrected chi connectivity index (χ2v) is 6.54. The van der Waals surface area contributed by atoms with Crippen molar-refractivity contribution in [1.29, 1.82) is 0 Å². The van der Waals surface area contributed by atoms with Crippen LogP contribution >= 0.6 is 23.1 Å². The Balaban J connectivity index is 1.59. The van der Waals surface area contributed by atoms with Crippen molar-refractivity contribution in [3.05, 3.63) is 54.9 Å². The second kappa shape index (κ2) is 7.24. The van der Waals surface area contributed by atoms with Crippen molar-refractivity contribution < 1.29 is 4.42 Å². The summed E-state index contributed by atoms with van der Waals surface area (Å²) in [7, 11) is 0. The Hall–Kier alpha value is -2.12. The van der Waals surface area contributed by atoms with Crippen molar-refractivity contribution in [3.8, 4) is 11.5 Å². The molecule has 0 saturated heterocycles. The van der Waals surface area contributed by atoms with Crippen molar-refractivity contribution in [3.63, 3.8) is 0 Å². The van der Waals surface area contributed by atoms with Crippen LogP contribution in [0, 0.1) is 0 Å². The number of oxazole rings is 1. The SMILES string of the molecule is C=CCNc1nnc(SCc2coc(-c3ccccc3)n2)s1. The maximum absolute atomic E-state index is 5.52. The first-order valence-corrected chi connectivity index (χ1v) is 8.46. The molecule has 7 heteroatoms. The van der Waals surface area contributed by atoms with E-state index >= 15 is 0 Å². The Morgan fingerprint density at radius 2 is 2.14 bits per heavy atom. The summed E-state index contributed by atoms with van der Waals surface area (Å²) in [5.41, 5.74) is 1.87. The van der Waals surface area contributed by atoms with Crippen LogP contribution in [0.4, 0.5) is 5.13 Å². The Morgan fingerprint density at radius 3 is 2.95 bits per heavy atom. The summed E-state index contributed by atoms with van der Waals surface area (Å²) in [6.07, 6.45) is 3.47. The first kappa shape index (κ1) is 14.8. The van der Waals surface area contributed by atoms with Crippen molar-refractivity contribution in [2.24, 2.45) is 0 Å². The molecular formula is C15H14N4OS2. The van der Waals surface area contributed by atoms with E-state index < -0.39 is 0 Å². The molecule has 22 heavy (non-hydrogen) atoms. The summed E-state index contributed by atoms with van der Waals surface area (Å²) in [5.74, 6) is 1.34. The van der Waals surface area contributed by atoms with Crippen LogP contribution in [-0.4, -0.2) is 21.7 Å². The highest BCUT2D eigenvalue weighted by Gasteiger charge is 2.09. The Morgan fingerprint density at radius 1 is 1.27 bits per heavy atom. The zero-order chi connectivity index (χ0) is 15.2. The average Bonchev–Trinajstić information content (AvgIpc) is 3.21. The molecule has 112 valence electrons. The first-order valence-electron chi connectivity index (χ1n) is 6.66. The number of hydrogen-bond acceptors (Lipinski definition) is 7. The molecule has 0 aliphatic carbocycles. The van der Waals surface area contributed by atoms with E-state index in [1.54, 1.807) is 24.1 Å². The standard InChI is InChI=1S/C15H14N4OS2/c1-2-8-16-14-18-19-15(22-14)21-10-12-9-20-13(17-12)11-6-4-3-5-7-11/h2-7,9H,1,8,10H2,(H,16,18). The van der Waals surface area contributed by atoms with Gasteiger partial charge in [-0.1, -0.05) is 47.4 Å². The molecular weight excluding hydrogens is 316 g/mol. The van der Waals surface area contributed by atoms with Gasteiger partial charge in [-0.2, -0.15) is 0 Å². The molecule has 0 spiro atoms. The lowest BCUT2D eigenvalue weighted by atomic mass is 10.2. The lowest BCUT2D eigenvalue weighted by Gasteiger charge is -1.94. The van der Waals surface area contributed by atoms with Gasteiger partial charge in [-0.3, -0.25) is 0 Å². The highest BCUT2D eigenvalue weighted by atomic mass is 32.2. The zero-order valence-corrected chi connectivity index (χ0v) is 13.4. The van der Waals surface area contributed by atoms with Gasteiger partial charge >= 0.3 is 0 Å². The Labute approximate surface area is 136 Å². The largest absolute Gasteiger partial charge is 0.444 e. The van der Waals surface area contributed by atoms with E-state index in [0.717, 1.165) is 20.7 Å². The average molecular weight is 330 g/mol. The molecule has 0 unspecified atom stereocenters. The monoisotopic (exact) mass is 330 g/mol. The van der Waals surface area contributed by atoms with Gasteiger partial charge in [0.25, 0.3) is 0 Å². The van der Waals surface area contributed by atoms with Crippen LogP contribution in [0.2, 0.25) is 0 Å². The second-order valence-electron chi connectivity index (χ2n) is 4.34. The van der Waals surface area contributed by atoms with Gasteiger partial charge in [0.1, 0.15) is 6.26 Å². The lowest BCUT2D eigenvalue weighted by molar-refractivity contribution is 0.573. The molecule has 0 atom stereocenters. The number of hydrogen-bond donors (Lipinski definition) is 1. The summed E-state index contributed by atoms with van der Waals surface area (Å²) in [6.45, 7) is 4.34. The first-order chi connectivity index (χ1) is 10.8. The van der Waals surface area contributed by atoms with Crippen molar-refractivity contribution >= 4 is 28.2 Å². The van der Waals surface area contributed by atoms with Gasteiger partial charge in [0.05, 0.1) is 5.69 Å². The maximum atomic E-state index is 5.52. The third-order valence-corrected chi connectivity index (χ3v) is 4.77. The minimum Gasteiger partial charge on any atom is -0.444 e. The fourth-order valence-corrected chi connectivity index (χ4v) is 3.36. The highest BCUT2D eigenvalue weighted by Crippen LogP contribution is 2.29. The molecule has 0 fully saturated rings. The third-order valence-electron chi connectivity index (χ3n) is 2.72. The summed E-state index contributed by atoms with van der Waals surface area (Å²) in [5, 5.41) is 12.1. The molecule has 0 amide bonds. The molecule has 1 N–H and O–H groups in total.